The van der Waals surface area contributed by atoms with E-state index in [1.54, 1.807) is 13.8 Å². The highest BCUT2D eigenvalue weighted by atomic mass is 16.3. The summed E-state index contributed by atoms with van der Waals surface area (Å²) < 4.78 is 0. The van der Waals surface area contributed by atoms with Crippen LogP contribution < -0.4 is 16.0 Å². The van der Waals surface area contributed by atoms with E-state index < -0.39 is 42.7 Å². The molecule has 13 atom stereocenters. The summed E-state index contributed by atoms with van der Waals surface area (Å²) in [4.78, 5) is 44.3. The number of aldehydes is 1. The van der Waals surface area contributed by atoms with Crippen molar-refractivity contribution in [3.05, 3.63) is 12.2 Å². The van der Waals surface area contributed by atoms with Gasteiger partial charge in [0, 0.05) is 40.0 Å². The molecule has 3 aliphatic heterocycles. The Kier molecular flexibility index (Phi) is 81.4. The van der Waals surface area contributed by atoms with Crippen molar-refractivity contribution in [3.8, 4) is 0 Å². The summed E-state index contributed by atoms with van der Waals surface area (Å²) in [6.45, 7) is 50.0. The third-order valence-electron chi connectivity index (χ3n) is 17.4. The Labute approximate surface area is 606 Å². The maximum Gasteiger partial charge on any atom is 0.219 e. The number of hydrogen-bond donors (Lipinski definition) is 11. The molecule has 98 heavy (non-hydrogen) atoms. The fourth-order valence-corrected chi connectivity index (χ4v) is 10.8. The molecule has 0 aromatic rings. The Morgan fingerprint density at radius 2 is 1.07 bits per heavy atom. The number of nitrogens with zero attached hydrogens (tertiary/aromatic N) is 6. The molecule has 20 nitrogen and oxygen atoms in total. The molecule has 6 rings (SSSR count). The minimum Gasteiger partial charge on any atom is -0.394 e. The first-order chi connectivity index (χ1) is 45.8. The highest BCUT2D eigenvalue weighted by molar-refractivity contribution is 5.73. The van der Waals surface area contributed by atoms with Gasteiger partial charge in [0.2, 0.25) is 11.8 Å². The maximum atomic E-state index is 10.9. The zero-order valence-corrected chi connectivity index (χ0v) is 69.2. The van der Waals surface area contributed by atoms with E-state index in [4.69, 9.17) is 15.3 Å². The van der Waals surface area contributed by atoms with Crippen molar-refractivity contribution in [1.82, 2.24) is 45.3 Å². The van der Waals surface area contributed by atoms with Gasteiger partial charge in [-0.15, -0.1) is 0 Å². The number of nitrogens with one attached hydrogen (secondary N) is 3. The molecule has 594 valence electrons. The summed E-state index contributed by atoms with van der Waals surface area (Å²) >= 11 is 0. The number of piperidine rings is 2. The highest BCUT2D eigenvalue weighted by Gasteiger charge is 2.37. The van der Waals surface area contributed by atoms with Crippen LogP contribution in [-0.4, -0.2) is 286 Å². The van der Waals surface area contributed by atoms with Crippen LogP contribution in [0, 0.1) is 46.8 Å². The minimum absolute atomic E-state index is 0.139. The summed E-state index contributed by atoms with van der Waals surface area (Å²) in [6, 6.07) is 0. The van der Waals surface area contributed by atoms with Crippen molar-refractivity contribution in [2.45, 2.75) is 277 Å². The lowest BCUT2D eigenvalue weighted by Gasteiger charge is -2.40. The third-order valence-corrected chi connectivity index (χ3v) is 17.4. The number of aliphatic hydroxyl groups is 8. The van der Waals surface area contributed by atoms with Gasteiger partial charge in [-0.05, 0) is 259 Å². The van der Waals surface area contributed by atoms with Gasteiger partial charge in [0.15, 0.2) is 0 Å². The van der Waals surface area contributed by atoms with Crippen LogP contribution in [0.4, 0.5) is 0 Å². The SMILES string of the molecule is CC(=O)N1CC=CC(C)C1.CC(=O)N1CCCC(C)C1.CC(O)CO.CC1CC(C)(C)CC(O)C1O.CC1CC(C)C(O)C(O)C1.CC1CCCC(O)C1O.CC1CCN(CC=O)CC1.CCCCN(C)C.CCCCNC.CCCN(C)C.CCCNC.CCN(C)C.CCNC. The van der Waals surface area contributed by atoms with Gasteiger partial charge in [0.05, 0.1) is 55.9 Å². The molecule has 3 heterocycles. The first kappa shape index (κ1) is 109. The van der Waals surface area contributed by atoms with Gasteiger partial charge in [-0.2, -0.15) is 0 Å². The van der Waals surface area contributed by atoms with Gasteiger partial charge in [0.25, 0.3) is 0 Å². The zero-order valence-electron chi connectivity index (χ0n) is 69.2. The van der Waals surface area contributed by atoms with E-state index in [2.05, 4.69) is 173 Å². The van der Waals surface area contributed by atoms with Crippen molar-refractivity contribution < 1.29 is 55.2 Å². The van der Waals surface area contributed by atoms with Gasteiger partial charge in [-0.1, -0.05) is 135 Å². The topological polar surface area (TPSA) is 269 Å². The fourth-order valence-electron chi connectivity index (χ4n) is 10.8. The van der Waals surface area contributed by atoms with Crippen LogP contribution in [0.3, 0.4) is 0 Å². The van der Waals surface area contributed by atoms with Crippen LogP contribution in [0.2, 0.25) is 0 Å². The van der Waals surface area contributed by atoms with Gasteiger partial charge in [0.1, 0.15) is 6.29 Å². The summed E-state index contributed by atoms with van der Waals surface area (Å²) in [6.07, 6.45) is 20.8. The summed E-state index contributed by atoms with van der Waals surface area (Å²) in [5.41, 5.74) is 0.193. The average Bonchev–Trinajstić information content (AvgIpc) is 0.841. The lowest BCUT2D eigenvalue weighted by molar-refractivity contribution is -0.130. The molecule has 0 radical (unpaired) electrons. The Bertz CT molecular complexity index is 1660. The molecule has 2 saturated heterocycles. The number of carbonyl (C=O) groups is 3. The second-order valence-electron chi connectivity index (χ2n) is 30.0. The Hall–Kier alpha value is -2.25. The van der Waals surface area contributed by atoms with E-state index in [0.717, 1.165) is 123 Å². The average molecular weight is 1410 g/mol. The molecule has 3 aliphatic carbocycles. The lowest BCUT2D eigenvalue weighted by atomic mass is 9.70. The molecule has 13 unspecified atom stereocenters. The fraction of sp³-hybridized carbons (Fsp3) is 0.936. The number of likely N-dealkylation sites (tertiary alicyclic amines) is 2. The minimum atomic E-state index is -0.560. The molecule has 0 aromatic heterocycles. The van der Waals surface area contributed by atoms with Crippen LogP contribution in [0.15, 0.2) is 12.2 Å². The quantitative estimate of drug-likeness (QED) is 0.0414. The molecule has 3 saturated carbocycles. The number of aliphatic hydroxyl groups excluding tert-OH is 8. The zero-order chi connectivity index (χ0) is 77.4. The van der Waals surface area contributed by atoms with E-state index in [1.165, 1.54) is 84.2 Å². The first-order valence-corrected chi connectivity index (χ1v) is 38.4. The standard InChI is InChI=1S/C9H18O2.C8H15NO.C8H13NO.C8H15NO.C8H16O2.C7H14O2.C6H15N.2C5H13N.2C4H11N.C3H9N.C3H8O2/c1-6-4-9(2,3)5-7(10)8(6)11;2*1-7-4-3-5-9(6-7)8(2)10;1-8-2-4-9(5-3-8)6-7-10;1-5-3-6(2)8(10)7(9)4-5;1-5-3-2-4-6(8)7(5)9;1-4-5-6-7(2)3;1-4-5-6(2)3;1-3-4-5-6-2;1-4-5(2)3;1-3-4-5-2;1-3-4-2;1-3(5)2-4/h6-8,10-11H,4-5H2,1-3H3;7H,3-6H2,1-2H3;3-4,7H,5-6H2,1-2H3;7-8H,2-6H2,1H3;5-10H,3-4H2,1-2H3;5-9H,2-4H2,1H3;4-6H2,1-3H3;4-5H2,1-3H3;6H,3-5H2,1-2H3;4H2,1-3H3;5H,3-4H2,1-2H3;4H,3H2,1-2H3;3-5H,2H2,1H3. The predicted octanol–water partition coefficient (Wildman–Crippen LogP) is 9.77. The molecule has 20 heteroatoms. The van der Waals surface area contributed by atoms with Crippen molar-refractivity contribution in [1.29, 1.82) is 0 Å². The summed E-state index contributed by atoms with van der Waals surface area (Å²) in [7, 11) is 18.4. The Balaban J connectivity index is -0.000000185. The van der Waals surface area contributed by atoms with E-state index in [1.807, 2.05) is 51.7 Å². The second kappa shape index (κ2) is 73.1. The van der Waals surface area contributed by atoms with E-state index >= 15 is 0 Å². The second-order valence-corrected chi connectivity index (χ2v) is 30.0. The van der Waals surface area contributed by atoms with Crippen LogP contribution in [0.25, 0.3) is 0 Å². The number of rotatable bonds is 15. The molecule has 0 aromatic carbocycles. The van der Waals surface area contributed by atoms with Crippen LogP contribution >= 0.6 is 0 Å². The van der Waals surface area contributed by atoms with Gasteiger partial charge >= 0.3 is 0 Å². The number of unbranched alkanes of at least 4 members (excludes halogenated alkanes) is 2. The van der Waals surface area contributed by atoms with Crippen molar-refractivity contribution in [2.75, 3.05) is 155 Å². The summed E-state index contributed by atoms with van der Waals surface area (Å²) in [5.74, 6) is 3.84. The van der Waals surface area contributed by atoms with Crippen LogP contribution in [-0.2, 0) is 14.4 Å². The number of amides is 2. The molecule has 0 spiro atoms. The van der Waals surface area contributed by atoms with Gasteiger partial charge < -0.3 is 86.1 Å². The van der Waals surface area contributed by atoms with E-state index in [-0.39, 0.29) is 41.6 Å². The smallest absolute Gasteiger partial charge is 0.219 e. The molecule has 11 N–H and O–H groups in total. The van der Waals surface area contributed by atoms with Crippen molar-refractivity contribution in [3.63, 3.8) is 0 Å². The molecule has 2 amide bonds. The summed E-state index contributed by atoms with van der Waals surface area (Å²) in [5, 5.41) is 80.8. The Morgan fingerprint density at radius 1 is 0.571 bits per heavy atom. The van der Waals surface area contributed by atoms with Gasteiger partial charge in [-0.25, -0.2) is 0 Å². The van der Waals surface area contributed by atoms with Crippen LogP contribution in [0.5, 0.6) is 0 Å². The maximum absolute atomic E-state index is 10.9. The molecule has 0 bridgehead atoms. The number of carbonyl (C=O) groups excluding carboxylic acids is 3. The Morgan fingerprint density at radius 3 is 1.37 bits per heavy atom. The van der Waals surface area contributed by atoms with Crippen molar-refractivity contribution in [2.24, 2.45) is 46.8 Å². The highest BCUT2D eigenvalue weighted by Crippen LogP contribution is 2.38. The van der Waals surface area contributed by atoms with Crippen molar-refractivity contribution >= 4 is 18.1 Å². The lowest BCUT2D eigenvalue weighted by Crippen LogP contribution is -2.42. The van der Waals surface area contributed by atoms with Gasteiger partial charge in [-0.3, -0.25) is 14.5 Å². The molecular weight excluding hydrogens is 1240 g/mol. The van der Waals surface area contributed by atoms with Crippen LogP contribution in [0.1, 0.15) is 234 Å². The largest absolute Gasteiger partial charge is 0.394 e. The van der Waals surface area contributed by atoms with E-state index in [9.17, 15) is 39.9 Å². The molecular formula is C78H171N9O11. The monoisotopic (exact) mass is 1410 g/mol. The third kappa shape index (κ3) is 74.9. The molecule has 5 fully saturated rings. The predicted molar refractivity (Wildman–Crippen MR) is 419 cm³/mol. The van der Waals surface area contributed by atoms with E-state index in [0.29, 0.717) is 24.3 Å². The normalized spacial score (nSPS) is 25.6. The first-order valence-electron chi connectivity index (χ1n) is 38.4. The molecule has 6 aliphatic rings. The number of hydrogen-bond acceptors (Lipinski definition) is 18.